The van der Waals surface area contributed by atoms with Crippen LogP contribution >= 0.6 is 0 Å². The SMILES string of the molecule is O=C(CC1CC1)N1CC2CCC(O)C2C1. The molecule has 0 aromatic rings. The van der Waals surface area contributed by atoms with Gasteiger partial charge in [0.05, 0.1) is 6.10 Å². The first-order valence-electron chi connectivity index (χ1n) is 6.20. The fourth-order valence-corrected chi connectivity index (χ4v) is 3.14. The Kier molecular flexibility index (Phi) is 2.23. The van der Waals surface area contributed by atoms with Crippen LogP contribution in [0.25, 0.3) is 0 Å². The van der Waals surface area contributed by atoms with Crippen molar-refractivity contribution < 1.29 is 9.90 Å². The summed E-state index contributed by atoms with van der Waals surface area (Å²) in [5, 5.41) is 9.76. The van der Waals surface area contributed by atoms with Gasteiger partial charge in [-0.3, -0.25) is 4.79 Å². The minimum absolute atomic E-state index is 0.145. The minimum atomic E-state index is -0.145. The molecule has 3 heteroatoms. The lowest BCUT2D eigenvalue weighted by Gasteiger charge is -2.18. The first-order valence-corrected chi connectivity index (χ1v) is 6.20. The first-order chi connectivity index (χ1) is 7.24. The predicted molar refractivity (Wildman–Crippen MR) is 56.1 cm³/mol. The number of likely N-dealkylation sites (tertiary alicyclic amines) is 1. The number of hydrogen-bond donors (Lipinski definition) is 1. The Hall–Kier alpha value is -0.570. The van der Waals surface area contributed by atoms with Gasteiger partial charge in [-0.05, 0) is 37.5 Å². The minimum Gasteiger partial charge on any atom is -0.393 e. The molecule has 1 aliphatic heterocycles. The van der Waals surface area contributed by atoms with Crippen molar-refractivity contribution in [2.75, 3.05) is 13.1 Å². The van der Waals surface area contributed by atoms with Gasteiger partial charge in [-0.1, -0.05) is 0 Å². The molecule has 2 aliphatic carbocycles. The molecule has 3 nitrogen and oxygen atoms in total. The number of rotatable bonds is 2. The summed E-state index contributed by atoms with van der Waals surface area (Å²) in [5.41, 5.74) is 0. The maximum Gasteiger partial charge on any atom is 0.222 e. The highest BCUT2D eigenvalue weighted by atomic mass is 16.3. The van der Waals surface area contributed by atoms with E-state index in [1.54, 1.807) is 0 Å². The highest BCUT2D eigenvalue weighted by Crippen LogP contribution is 2.39. The summed E-state index contributed by atoms with van der Waals surface area (Å²) >= 11 is 0. The molecule has 0 aromatic heterocycles. The molecule has 1 amide bonds. The zero-order valence-corrected chi connectivity index (χ0v) is 9.06. The van der Waals surface area contributed by atoms with Crippen LogP contribution in [0.3, 0.4) is 0 Å². The second-order valence-corrected chi connectivity index (χ2v) is 5.51. The van der Waals surface area contributed by atoms with Crippen LogP contribution in [0, 0.1) is 17.8 Å². The van der Waals surface area contributed by atoms with E-state index >= 15 is 0 Å². The average Bonchev–Trinajstić information content (AvgIpc) is 2.79. The second kappa shape index (κ2) is 3.48. The van der Waals surface area contributed by atoms with Gasteiger partial charge in [0.1, 0.15) is 0 Å². The van der Waals surface area contributed by atoms with Gasteiger partial charge in [0, 0.05) is 25.4 Å². The van der Waals surface area contributed by atoms with E-state index in [0.29, 0.717) is 23.7 Å². The normalized spacial score (nSPS) is 39.5. The van der Waals surface area contributed by atoms with Crippen molar-refractivity contribution in [1.29, 1.82) is 0 Å². The van der Waals surface area contributed by atoms with Crippen molar-refractivity contribution in [2.24, 2.45) is 17.8 Å². The quantitative estimate of drug-likeness (QED) is 0.737. The number of aliphatic hydroxyl groups excluding tert-OH is 1. The van der Waals surface area contributed by atoms with Gasteiger partial charge in [-0.2, -0.15) is 0 Å². The van der Waals surface area contributed by atoms with E-state index in [0.717, 1.165) is 32.4 Å². The molecule has 0 aromatic carbocycles. The summed E-state index contributed by atoms with van der Waals surface area (Å²) in [5.74, 6) is 1.98. The number of hydrogen-bond acceptors (Lipinski definition) is 2. The maximum absolute atomic E-state index is 11.9. The molecular weight excluding hydrogens is 190 g/mol. The molecule has 84 valence electrons. The second-order valence-electron chi connectivity index (χ2n) is 5.51. The van der Waals surface area contributed by atoms with Crippen molar-refractivity contribution in [3.63, 3.8) is 0 Å². The van der Waals surface area contributed by atoms with E-state index in [9.17, 15) is 9.90 Å². The van der Waals surface area contributed by atoms with Gasteiger partial charge < -0.3 is 10.0 Å². The molecular formula is C12H19NO2. The number of fused-ring (bicyclic) bond motifs is 1. The fraction of sp³-hybridized carbons (Fsp3) is 0.917. The van der Waals surface area contributed by atoms with Crippen LogP contribution < -0.4 is 0 Å². The van der Waals surface area contributed by atoms with E-state index in [2.05, 4.69) is 0 Å². The van der Waals surface area contributed by atoms with Crippen molar-refractivity contribution >= 4 is 5.91 Å². The average molecular weight is 209 g/mol. The fourth-order valence-electron chi connectivity index (χ4n) is 3.14. The summed E-state index contributed by atoms with van der Waals surface area (Å²) in [6.07, 6.45) is 5.16. The summed E-state index contributed by atoms with van der Waals surface area (Å²) in [6.45, 7) is 1.73. The van der Waals surface area contributed by atoms with Crippen molar-refractivity contribution in [2.45, 2.75) is 38.2 Å². The molecule has 2 saturated carbocycles. The number of nitrogens with zero attached hydrogens (tertiary/aromatic N) is 1. The van der Waals surface area contributed by atoms with Gasteiger partial charge in [0.2, 0.25) is 5.91 Å². The predicted octanol–water partition coefficient (Wildman–Crippen LogP) is 1.02. The van der Waals surface area contributed by atoms with Gasteiger partial charge in [0.15, 0.2) is 0 Å². The molecule has 0 bridgehead atoms. The lowest BCUT2D eigenvalue weighted by Crippen LogP contribution is -2.31. The van der Waals surface area contributed by atoms with Crippen LogP contribution in [0.5, 0.6) is 0 Å². The Morgan fingerprint density at radius 2 is 2.00 bits per heavy atom. The molecule has 3 rings (SSSR count). The number of amides is 1. The lowest BCUT2D eigenvalue weighted by atomic mass is 10.00. The Morgan fingerprint density at radius 1 is 1.20 bits per heavy atom. The third kappa shape index (κ3) is 1.78. The van der Waals surface area contributed by atoms with E-state index in [1.807, 2.05) is 4.90 Å². The number of aliphatic hydroxyl groups is 1. The Balaban J connectivity index is 1.58. The van der Waals surface area contributed by atoms with Crippen molar-refractivity contribution in [1.82, 2.24) is 4.90 Å². The van der Waals surface area contributed by atoms with E-state index < -0.39 is 0 Å². The van der Waals surface area contributed by atoms with Crippen LogP contribution in [-0.4, -0.2) is 35.1 Å². The van der Waals surface area contributed by atoms with Crippen LogP contribution in [0.15, 0.2) is 0 Å². The smallest absolute Gasteiger partial charge is 0.222 e. The molecule has 1 N–H and O–H groups in total. The molecule has 0 spiro atoms. The van der Waals surface area contributed by atoms with E-state index in [1.165, 1.54) is 12.8 Å². The summed E-state index contributed by atoms with van der Waals surface area (Å²) in [7, 11) is 0. The summed E-state index contributed by atoms with van der Waals surface area (Å²) < 4.78 is 0. The van der Waals surface area contributed by atoms with Crippen molar-refractivity contribution in [3.05, 3.63) is 0 Å². The first kappa shape index (κ1) is 9.64. The highest BCUT2D eigenvalue weighted by Gasteiger charge is 2.43. The Bertz CT molecular complexity index is 275. The summed E-state index contributed by atoms with van der Waals surface area (Å²) in [4.78, 5) is 13.9. The number of carbonyl (C=O) groups is 1. The maximum atomic E-state index is 11.9. The third-order valence-electron chi connectivity index (χ3n) is 4.33. The highest BCUT2D eigenvalue weighted by molar-refractivity contribution is 5.77. The molecule has 3 unspecified atom stereocenters. The summed E-state index contributed by atoms with van der Waals surface area (Å²) in [6, 6.07) is 0. The molecule has 3 fully saturated rings. The van der Waals surface area contributed by atoms with Crippen molar-refractivity contribution in [3.8, 4) is 0 Å². The molecule has 3 aliphatic rings. The molecule has 1 heterocycles. The van der Waals surface area contributed by atoms with Gasteiger partial charge in [-0.15, -0.1) is 0 Å². The molecule has 15 heavy (non-hydrogen) atoms. The van der Waals surface area contributed by atoms with E-state index in [4.69, 9.17) is 0 Å². The van der Waals surface area contributed by atoms with E-state index in [-0.39, 0.29) is 6.10 Å². The van der Waals surface area contributed by atoms with Crippen LogP contribution in [0.4, 0.5) is 0 Å². The molecule has 0 radical (unpaired) electrons. The molecule has 3 atom stereocenters. The van der Waals surface area contributed by atoms with Gasteiger partial charge in [0.25, 0.3) is 0 Å². The van der Waals surface area contributed by atoms with Gasteiger partial charge >= 0.3 is 0 Å². The zero-order valence-electron chi connectivity index (χ0n) is 9.06. The standard InChI is InChI=1S/C12H19NO2/c14-11-4-3-9-6-13(7-10(9)11)12(15)5-8-1-2-8/h8-11,14H,1-7H2. The lowest BCUT2D eigenvalue weighted by molar-refractivity contribution is -0.130. The Labute approximate surface area is 90.5 Å². The zero-order chi connectivity index (χ0) is 10.4. The van der Waals surface area contributed by atoms with Crippen LogP contribution in [-0.2, 0) is 4.79 Å². The Morgan fingerprint density at radius 3 is 2.67 bits per heavy atom. The third-order valence-corrected chi connectivity index (χ3v) is 4.33. The largest absolute Gasteiger partial charge is 0.393 e. The van der Waals surface area contributed by atoms with Crippen LogP contribution in [0.1, 0.15) is 32.1 Å². The topological polar surface area (TPSA) is 40.5 Å². The van der Waals surface area contributed by atoms with Gasteiger partial charge in [-0.25, -0.2) is 0 Å². The molecule has 1 saturated heterocycles. The van der Waals surface area contributed by atoms with Crippen LogP contribution in [0.2, 0.25) is 0 Å². The number of carbonyl (C=O) groups excluding carboxylic acids is 1. The monoisotopic (exact) mass is 209 g/mol.